The molecular formula is C27H35BN4O3S. The number of nitrogens with one attached hydrogen (secondary N) is 1. The van der Waals surface area contributed by atoms with Crippen LogP contribution in [0.5, 0.6) is 5.75 Å². The average molecular weight is 506 g/mol. The molecule has 0 aromatic heterocycles. The smallest absolute Gasteiger partial charge is 0.243 e. The molecule has 4 N–H and O–H groups in total. The largest absolute Gasteiger partial charge is 0.508 e. The Morgan fingerprint density at radius 3 is 2.31 bits per heavy atom. The van der Waals surface area contributed by atoms with Crippen molar-refractivity contribution in [1.29, 1.82) is 0 Å². The Morgan fingerprint density at radius 1 is 1.00 bits per heavy atom. The lowest BCUT2D eigenvalue weighted by Crippen LogP contribution is -2.56. The fourth-order valence-electron chi connectivity index (χ4n) is 5.27. The molecule has 0 spiro atoms. The quantitative estimate of drug-likeness (QED) is 0.370. The highest BCUT2D eigenvalue weighted by molar-refractivity contribution is 7.80. The highest BCUT2D eigenvalue weighted by Gasteiger charge is 2.38. The van der Waals surface area contributed by atoms with Crippen molar-refractivity contribution in [2.75, 3.05) is 13.1 Å². The average Bonchev–Trinajstić information content (AvgIpc) is 3.54. The van der Waals surface area contributed by atoms with Crippen molar-refractivity contribution < 1.29 is 14.7 Å². The first kappa shape index (κ1) is 26.2. The fourth-order valence-corrected chi connectivity index (χ4v) is 5.68. The van der Waals surface area contributed by atoms with Gasteiger partial charge in [-0.15, -0.1) is 0 Å². The molecule has 4 atom stereocenters. The minimum absolute atomic E-state index is 0.168. The maximum atomic E-state index is 13.5. The Labute approximate surface area is 219 Å². The van der Waals surface area contributed by atoms with Crippen molar-refractivity contribution in [3.8, 4) is 5.75 Å². The third-order valence-corrected chi connectivity index (χ3v) is 7.80. The van der Waals surface area contributed by atoms with Gasteiger partial charge in [0.15, 0.2) is 0 Å². The van der Waals surface area contributed by atoms with Crippen molar-refractivity contribution >= 4 is 36.9 Å². The summed E-state index contributed by atoms with van der Waals surface area (Å²) in [6, 6.07) is 15.1. The van der Waals surface area contributed by atoms with Crippen LogP contribution in [0.4, 0.5) is 0 Å². The molecule has 36 heavy (non-hydrogen) atoms. The van der Waals surface area contributed by atoms with E-state index in [1.165, 1.54) is 0 Å². The third-order valence-electron chi connectivity index (χ3n) is 7.28. The molecule has 2 aromatic rings. The SMILES string of the molecule is B[C@@H]1CCCN1C(=S)[C@H](Cc1ccccc1)NC(=O)[C@@H]1CCCN1C(=O)[C@@H](N)Cc1ccc(O)cc1. The zero-order valence-corrected chi connectivity index (χ0v) is 21.6. The first-order chi connectivity index (χ1) is 17.3. The van der Waals surface area contributed by atoms with Gasteiger partial charge in [0.05, 0.1) is 12.1 Å². The predicted molar refractivity (Wildman–Crippen MR) is 147 cm³/mol. The number of thiocarbonyl (C=S) groups is 1. The van der Waals surface area contributed by atoms with Gasteiger partial charge in [-0.1, -0.05) is 54.7 Å². The van der Waals surface area contributed by atoms with Crippen LogP contribution in [-0.4, -0.2) is 76.7 Å². The van der Waals surface area contributed by atoms with Crippen LogP contribution >= 0.6 is 12.2 Å². The summed E-state index contributed by atoms with van der Waals surface area (Å²) in [6.45, 7) is 1.42. The van der Waals surface area contributed by atoms with Crippen molar-refractivity contribution in [3.05, 3.63) is 65.7 Å². The lowest BCUT2D eigenvalue weighted by atomic mass is 9.93. The Kier molecular flexibility index (Phi) is 8.64. The predicted octanol–water partition coefficient (Wildman–Crippen LogP) is 1.36. The van der Waals surface area contributed by atoms with Crippen molar-refractivity contribution in [2.24, 2.45) is 5.73 Å². The van der Waals surface area contributed by atoms with E-state index in [0.29, 0.717) is 31.7 Å². The Balaban J connectivity index is 1.45. The zero-order valence-electron chi connectivity index (χ0n) is 20.8. The van der Waals surface area contributed by atoms with E-state index in [4.69, 9.17) is 18.0 Å². The Hall–Kier alpha value is -2.91. The van der Waals surface area contributed by atoms with Gasteiger partial charge in [0.25, 0.3) is 0 Å². The number of amides is 2. The molecule has 2 amide bonds. The van der Waals surface area contributed by atoms with E-state index in [1.807, 2.05) is 30.3 Å². The molecule has 2 heterocycles. The van der Waals surface area contributed by atoms with E-state index >= 15 is 0 Å². The minimum Gasteiger partial charge on any atom is -0.508 e. The highest BCUT2D eigenvalue weighted by Crippen LogP contribution is 2.22. The van der Waals surface area contributed by atoms with E-state index in [2.05, 4.69) is 18.1 Å². The minimum atomic E-state index is -0.755. The van der Waals surface area contributed by atoms with Gasteiger partial charge in [0.1, 0.15) is 24.6 Å². The summed E-state index contributed by atoms with van der Waals surface area (Å²) in [5.74, 6) is 0.125. The highest BCUT2D eigenvalue weighted by atomic mass is 32.1. The lowest BCUT2D eigenvalue weighted by molar-refractivity contribution is -0.139. The van der Waals surface area contributed by atoms with E-state index in [1.54, 1.807) is 29.2 Å². The molecule has 0 saturated carbocycles. The Morgan fingerprint density at radius 2 is 1.64 bits per heavy atom. The number of rotatable bonds is 8. The molecule has 7 nitrogen and oxygen atoms in total. The van der Waals surface area contributed by atoms with E-state index in [-0.39, 0.29) is 23.6 Å². The van der Waals surface area contributed by atoms with Crippen LogP contribution < -0.4 is 11.1 Å². The molecule has 0 aliphatic carbocycles. The summed E-state index contributed by atoms with van der Waals surface area (Å²) in [5.41, 5.74) is 8.23. The summed E-state index contributed by atoms with van der Waals surface area (Å²) in [5, 5.41) is 12.7. The molecule has 2 fully saturated rings. The molecular weight excluding hydrogens is 471 g/mol. The van der Waals surface area contributed by atoms with Gasteiger partial charge in [-0.25, -0.2) is 0 Å². The number of hydrogen-bond donors (Lipinski definition) is 3. The molecule has 2 aromatic carbocycles. The van der Waals surface area contributed by atoms with Gasteiger partial charge in [-0.3, -0.25) is 9.59 Å². The molecule has 0 radical (unpaired) electrons. The second kappa shape index (κ2) is 11.9. The second-order valence-corrected chi connectivity index (χ2v) is 10.4. The summed E-state index contributed by atoms with van der Waals surface area (Å²) >= 11 is 5.90. The van der Waals surface area contributed by atoms with Crippen LogP contribution in [0.15, 0.2) is 54.6 Å². The van der Waals surface area contributed by atoms with Crippen LogP contribution in [0.25, 0.3) is 0 Å². The molecule has 2 aliphatic rings. The normalized spacial score (nSPS) is 21.2. The van der Waals surface area contributed by atoms with Crippen LogP contribution in [0.2, 0.25) is 0 Å². The number of nitrogens with zero attached hydrogens (tertiary/aromatic N) is 2. The van der Waals surface area contributed by atoms with Crippen molar-refractivity contribution in [3.63, 3.8) is 0 Å². The van der Waals surface area contributed by atoms with Gasteiger partial charge >= 0.3 is 0 Å². The summed E-state index contributed by atoms with van der Waals surface area (Å²) in [4.78, 5) is 31.4. The first-order valence-corrected chi connectivity index (χ1v) is 13.2. The number of likely N-dealkylation sites (tertiary alicyclic amines) is 2. The number of phenols is 1. The summed E-state index contributed by atoms with van der Waals surface area (Å²) in [6.07, 6.45) is 4.50. The standard InChI is InChI=1S/C27H35BN4O3S/c28-24-9-5-15-32(24)27(36)22(17-18-6-2-1-3-7-18)30-25(34)23-8-4-14-31(23)26(35)21(29)16-19-10-12-20(33)13-11-19/h1-3,6-7,10-13,21-24,33H,4-5,8-9,14-17,28-29H2,(H,30,34)/t21-,22-,23-,24-/m0/s1. The van der Waals surface area contributed by atoms with E-state index in [9.17, 15) is 14.7 Å². The maximum Gasteiger partial charge on any atom is 0.243 e. The van der Waals surface area contributed by atoms with Crippen LogP contribution in [0, 0.1) is 0 Å². The van der Waals surface area contributed by atoms with Gasteiger partial charge in [0, 0.05) is 13.1 Å². The van der Waals surface area contributed by atoms with Gasteiger partial charge < -0.3 is 26.0 Å². The number of carbonyl (C=O) groups excluding carboxylic acids is 2. The van der Waals surface area contributed by atoms with Crippen molar-refractivity contribution in [2.45, 2.75) is 62.6 Å². The monoisotopic (exact) mass is 506 g/mol. The van der Waals surface area contributed by atoms with E-state index < -0.39 is 12.1 Å². The number of phenolic OH excluding ortho intramolecular Hbond substituents is 1. The number of aromatic hydroxyl groups is 1. The second-order valence-electron chi connectivity index (χ2n) is 9.94. The van der Waals surface area contributed by atoms with Gasteiger partial charge in [-0.05, 0) is 67.7 Å². The number of carbonyl (C=O) groups is 2. The topological polar surface area (TPSA) is 98.9 Å². The lowest BCUT2D eigenvalue weighted by Gasteiger charge is -2.33. The molecule has 2 aliphatic heterocycles. The maximum absolute atomic E-state index is 13.5. The molecule has 190 valence electrons. The Bertz CT molecular complexity index is 1070. The van der Waals surface area contributed by atoms with Gasteiger partial charge in [-0.2, -0.15) is 0 Å². The summed E-state index contributed by atoms with van der Waals surface area (Å²) in [7, 11) is 2.17. The van der Waals surface area contributed by atoms with Crippen LogP contribution in [0.3, 0.4) is 0 Å². The number of nitrogens with two attached hydrogens (primary N) is 1. The molecule has 4 rings (SSSR count). The molecule has 0 bridgehead atoms. The third kappa shape index (κ3) is 6.26. The van der Waals surface area contributed by atoms with Crippen LogP contribution in [0.1, 0.15) is 36.8 Å². The molecule has 9 heteroatoms. The van der Waals surface area contributed by atoms with Crippen LogP contribution in [-0.2, 0) is 22.4 Å². The van der Waals surface area contributed by atoms with E-state index in [0.717, 1.165) is 41.9 Å². The first-order valence-electron chi connectivity index (χ1n) is 12.8. The molecule has 2 saturated heterocycles. The molecule has 0 unspecified atom stereocenters. The fraction of sp³-hybridized carbons (Fsp3) is 0.444. The number of benzene rings is 2. The summed E-state index contributed by atoms with van der Waals surface area (Å²) < 4.78 is 0. The number of hydrogen-bond acceptors (Lipinski definition) is 5. The zero-order chi connectivity index (χ0) is 25.7. The van der Waals surface area contributed by atoms with Crippen molar-refractivity contribution in [1.82, 2.24) is 15.1 Å². The van der Waals surface area contributed by atoms with Gasteiger partial charge in [0.2, 0.25) is 11.8 Å².